The quantitative estimate of drug-likeness (QED) is 0.845. The number of para-hydroxylation sites is 1. The monoisotopic (exact) mass is 258 g/mol. The Labute approximate surface area is 111 Å². The number of aliphatic hydroxyl groups excluding tert-OH is 1. The van der Waals surface area contributed by atoms with E-state index < -0.39 is 6.10 Å². The van der Waals surface area contributed by atoms with Gasteiger partial charge in [-0.05, 0) is 36.2 Å². The standard InChI is InChI=1S/C16H15FO2/c1-10-8-11(6-7-13(10)17)16-9-14(18)12-4-2-3-5-15(12)19-16/h2-8,14,16,18H,9H2,1H3/t14-,16?/m0/s1. The van der Waals surface area contributed by atoms with Gasteiger partial charge in [0.25, 0.3) is 0 Å². The molecule has 1 unspecified atom stereocenters. The molecule has 2 atom stereocenters. The molecular formula is C16H15FO2. The first-order chi connectivity index (χ1) is 9.15. The molecule has 1 heterocycles. The van der Waals surface area contributed by atoms with E-state index in [-0.39, 0.29) is 11.9 Å². The molecule has 1 aliphatic rings. The van der Waals surface area contributed by atoms with Gasteiger partial charge in [-0.25, -0.2) is 4.39 Å². The molecule has 0 aromatic heterocycles. The van der Waals surface area contributed by atoms with Gasteiger partial charge in [0.1, 0.15) is 17.7 Å². The number of rotatable bonds is 1. The largest absolute Gasteiger partial charge is 0.485 e. The van der Waals surface area contributed by atoms with Crippen LogP contribution in [0.3, 0.4) is 0 Å². The molecule has 0 radical (unpaired) electrons. The van der Waals surface area contributed by atoms with Crippen LogP contribution >= 0.6 is 0 Å². The predicted molar refractivity (Wildman–Crippen MR) is 70.5 cm³/mol. The minimum atomic E-state index is -0.541. The molecule has 0 spiro atoms. The highest BCUT2D eigenvalue weighted by molar-refractivity contribution is 5.38. The van der Waals surface area contributed by atoms with Crippen LogP contribution in [0.25, 0.3) is 0 Å². The molecule has 98 valence electrons. The minimum Gasteiger partial charge on any atom is -0.485 e. The molecule has 0 bridgehead atoms. The van der Waals surface area contributed by atoms with Crippen molar-refractivity contribution in [3.05, 3.63) is 65.0 Å². The van der Waals surface area contributed by atoms with Crippen molar-refractivity contribution in [1.29, 1.82) is 0 Å². The fourth-order valence-corrected chi connectivity index (χ4v) is 2.47. The topological polar surface area (TPSA) is 29.5 Å². The zero-order chi connectivity index (χ0) is 13.4. The van der Waals surface area contributed by atoms with Gasteiger partial charge >= 0.3 is 0 Å². The zero-order valence-electron chi connectivity index (χ0n) is 10.6. The molecule has 2 aromatic carbocycles. The van der Waals surface area contributed by atoms with Crippen molar-refractivity contribution in [1.82, 2.24) is 0 Å². The summed E-state index contributed by atoms with van der Waals surface area (Å²) in [5.41, 5.74) is 2.31. The van der Waals surface area contributed by atoms with Gasteiger partial charge in [-0.2, -0.15) is 0 Å². The van der Waals surface area contributed by atoms with Crippen molar-refractivity contribution in [3.63, 3.8) is 0 Å². The summed E-state index contributed by atoms with van der Waals surface area (Å²) in [6, 6.07) is 12.4. The van der Waals surface area contributed by atoms with Crippen LogP contribution in [0.4, 0.5) is 4.39 Å². The second kappa shape index (κ2) is 4.67. The summed E-state index contributed by atoms with van der Waals surface area (Å²) in [4.78, 5) is 0. The van der Waals surface area contributed by atoms with Crippen molar-refractivity contribution >= 4 is 0 Å². The first kappa shape index (κ1) is 12.2. The summed E-state index contributed by atoms with van der Waals surface area (Å²) in [6.07, 6.45) is -0.285. The van der Waals surface area contributed by atoms with Gasteiger partial charge < -0.3 is 9.84 Å². The molecule has 2 aromatic rings. The number of benzene rings is 2. The number of halogens is 1. The van der Waals surface area contributed by atoms with E-state index in [1.54, 1.807) is 19.1 Å². The van der Waals surface area contributed by atoms with Crippen LogP contribution in [0.15, 0.2) is 42.5 Å². The molecule has 1 N–H and O–H groups in total. The summed E-state index contributed by atoms with van der Waals surface area (Å²) >= 11 is 0. The highest BCUT2D eigenvalue weighted by Gasteiger charge is 2.27. The second-order valence-corrected chi connectivity index (χ2v) is 4.90. The first-order valence-electron chi connectivity index (χ1n) is 6.35. The molecule has 0 amide bonds. The predicted octanol–water partition coefficient (Wildman–Crippen LogP) is 3.69. The fraction of sp³-hybridized carbons (Fsp3) is 0.250. The fourth-order valence-electron chi connectivity index (χ4n) is 2.47. The van der Waals surface area contributed by atoms with Gasteiger partial charge in [0.05, 0.1) is 6.10 Å². The lowest BCUT2D eigenvalue weighted by Gasteiger charge is -2.30. The highest BCUT2D eigenvalue weighted by Crippen LogP contribution is 2.40. The lowest BCUT2D eigenvalue weighted by molar-refractivity contribution is 0.0657. The van der Waals surface area contributed by atoms with Gasteiger partial charge in [0.2, 0.25) is 0 Å². The van der Waals surface area contributed by atoms with Crippen LogP contribution in [0.2, 0.25) is 0 Å². The van der Waals surface area contributed by atoms with E-state index in [0.29, 0.717) is 17.7 Å². The second-order valence-electron chi connectivity index (χ2n) is 4.90. The van der Waals surface area contributed by atoms with Gasteiger partial charge in [-0.15, -0.1) is 0 Å². The van der Waals surface area contributed by atoms with Crippen LogP contribution in [-0.4, -0.2) is 5.11 Å². The molecule has 3 heteroatoms. The molecule has 1 aliphatic heterocycles. The lowest BCUT2D eigenvalue weighted by Crippen LogP contribution is -2.19. The number of hydrogen-bond acceptors (Lipinski definition) is 2. The van der Waals surface area contributed by atoms with E-state index in [4.69, 9.17) is 4.74 Å². The number of fused-ring (bicyclic) bond motifs is 1. The van der Waals surface area contributed by atoms with Gasteiger partial charge in [0, 0.05) is 12.0 Å². The molecule has 19 heavy (non-hydrogen) atoms. The Hall–Kier alpha value is -1.87. The normalized spacial score (nSPS) is 21.6. The van der Waals surface area contributed by atoms with E-state index in [0.717, 1.165) is 11.1 Å². The number of hydrogen-bond donors (Lipinski definition) is 1. The Balaban J connectivity index is 1.94. The smallest absolute Gasteiger partial charge is 0.127 e. The van der Waals surface area contributed by atoms with E-state index in [9.17, 15) is 9.50 Å². The van der Waals surface area contributed by atoms with Crippen LogP contribution in [0.5, 0.6) is 5.75 Å². The maximum Gasteiger partial charge on any atom is 0.127 e. The summed E-state index contributed by atoms with van der Waals surface area (Å²) in [7, 11) is 0. The average Bonchev–Trinajstić information content (AvgIpc) is 2.42. The Morgan fingerprint density at radius 3 is 2.79 bits per heavy atom. The van der Waals surface area contributed by atoms with Gasteiger partial charge in [-0.3, -0.25) is 0 Å². The van der Waals surface area contributed by atoms with Crippen molar-refractivity contribution in [2.75, 3.05) is 0 Å². The van der Waals surface area contributed by atoms with E-state index in [1.165, 1.54) is 6.07 Å². The number of aryl methyl sites for hydroxylation is 1. The van der Waals surface area contributed by atoms with E-state index in [1.807, 2.05) is 24.3 Å². The SMILES string of the molecule is Cc1cc(C2C[C@H](O)c3ccccc3O2)ccc1F. The average molecular weight is 258 g/mol. The van der Waals surface area contributed by atoms with Crippen molar-refractivity contribution in [2.45, 2.75) is 25.6 Å². The third-order valence-corrected chi connectivity index (χ3v) is 3.54. The van der Waals surface area contributed by atoms with Crippen LogP contribution in [0, 0.1) is 12.7 Å². The number of aliphatic hydroxyl groups is 1. The maximum absolute atomic E-state index is 13.3. The summed E-state index contributed by atoms with van der Waals surface area (Å²) < 4.78 is 19.2. The molecule has 0 saturated heterocycles. The summed E-state index contributed by atoms with van der Waals surface area (Å²) in [6.45, 7) is 1.73. The summed E-state index contributed by atoms with van der Waals surface area (Å²) in [5.74, 6) is 0.480. The molecule has 0 fully saturated rings. The van der Waals surface area contributed by atoms with Crippen LogP contribution in [0.1, 0.15) is 35.3 Å². The van der Waals surface area contributed by atoms with Crippen molar-refractivity contribution < 1.29 is 14.2 Å². The van der Waals surface area contributed by atoms with E-state index >= 15 is 0 Å². The maximum atomic E-state index is 13.3. The van der Waals surface area contributed by atoms with Crippen LogP contribution < -0.4 is 4.74 Å². The Kier molecular flexibility index (Phi) is 2.99. The molecule has 2 nitrogen and oxygen atoms in total. The zero-order valence-corrected chi connectivity index (χ0v) is 10.6. The minimum absolute atomic E-state index is 0.222. The molecule has 0 aliphatic carbocycles. The highest BCUT2D eigenvalue weighted by atomic mass is 19.1. The van der Waals surface area contributed by atoms with Crippen molar-refractivity contribution in [2.24, 2.45) is 0 Å². The Morgan fingerprint density at radius 1 is 1.21 bits per heavy atom. The molecule has 3 rings (SSSR count). The van der Waals surface area contributed by atoms with Crippen molar-refractivity contribution in [3.8, 4) is 5.75 Å². The van der Waals surface area contributed by atoms with Crippen LogP contribution in [-0.2, 0) is 0 Å². The summed E-state index contributed by atoms with van der Waals surface area (Å²) in [5, 5.41) is 10.2. The third-order valence-electron chi connectivity index (χ3n) is 3.54. The van der Waals surface area contributed by atoms with Gasteiger partial charge in [0.15, 0.2) is 0 Å². The Morgan fingerprint density at radius 2 is 2.00 bits per heavy atom. The molecule has 0 saturated carbocycles. The van der Waals surface area contributed by atoms with E-state index in [2.05, 4.69) is 0 Å². The van der Waals surface area contributed by atoms with Gasteiger partial charge in [-0.1, -0.05) is 24.3 Å². The molecular weight excluding hydrogens is 243 g/mol. The first-order valence-corrected chi connectivity index (χ1v) is 6.35. The Bertz CT molecular complexity index is 609. The number of ether oxygens (including phenoxy) is 1. The lowest BCUT2D eigenvalue weighted by atomic mass is 9.94. The third kappa shape index (κ3) is 2.22.